The molecule has 1 aliphatic carbocycles. The van der Waals surface area contributed by atoms with E-state index in [-0.39, 0.29) is 0 Å². The van der Waals surface area contributed by atoms with Crippen molar-refractivity contribution in [1.82, 2.24) is 0 Å². The molecule has 1 aromatic heterocycles. The highest BCUT2D eigenvalue weighted by Gasteiger charge is 2.46. The number of hydrogen-bond acceptors (Lipinski definition) is 2. The summed E-state index contributed by atoms with van der Waals surface area (Å²) in [6.45, 7) is 0. The van der Waals surface area contributed by atoms with Gasteiger partial charge in [-0.2, -0.15) is 0 Å². The lowest BCUT2D eigenvalue weighted by Crippen LogP contribution is -2.28. The van der Waals surface area contributed by atoms with Gasteiger partial charge in [0.25, 0.3) is 0 Å². The normalized spacial score (nSPS) is 12.6. The number of anilines is 3. The second-order valence-corrected chi connectivity index (χ2v) is 16.3. The van der Waals surface area contributed by atoms with Crippen LogP contribution in [-0.4, -0.2) is 0 Å². The number of benzene rings is 10. The van der Waals surface area contributed by atoms with Crippen molar-refractivity contribution < 1.29 is 4.42 Å². The molecule has 0 aliphatic heterocycles. The molecule has 0 fully saturated rings. The second kappa shape index (κ2) is 15.1. The van der Waals surface area contributed by atoms with E-state index in [1.807, 2.05) is 6.07 Å². The fraction of sp³-hybridized carbons (Fsp3) is 0.0164. The van der Waals surface area contributed by atoms with Crippen LogP contribution in [-0.2, 0) is 5.41 Å². The van der Waals surface area contributed by atoms with Crippen LogP contribution in [0.1, 0.15) is 22.3 Å². The fourth-order valence-electron chi connectivity index (χ4n) is 10.3. The second-order valence-electron chi connectivity index (χ2n) is 16.3. The highest BCUT2D eigenvalue weighted by Crippen LogP contribution is 2.58. The first-order valence-electron chi connectivity index (χ1n) is 21.7. The molecule has 0 unspecified atom stereocenters. The first-order chi connectivity index (χ1) is 31.3. The lowest BCUT2D eigenvalue weighted by atomic mass is 9.68. The average Bonchev–Trinajstić information content (AvgIpc) is 3.89. The summed E-state index contributed by atoms with van der Waals surface area (Å²) in [7, 11) is 0. The van der Waals surface area contributed by atoms with Gasteiger partial charge >= 0.3 is 0 Å². The molecular formula is C61H41NO. The molecule has 63 heavy (non-hydrogen) atoms. The maximum Gasteiger partial charge on any atom is 0.143 e. The van der Waals surface area contributed by atoms with Crippen LogP contribution in [0.4, 0.5) is 17.1 Å². The summed E-state index contributed by atoms with van der Waals surface area (Å²) in [4.78, 5) is 2.49. The summed E-state index contributed by atoms with van der Waals surface area (Å²) in [5, 5.41) is 2.22. The Hall–Kier alpha value is -8.20. The molecular weight excluding hydrogens is 763 g/mol. The Balaban J connectivity index is 1.17. The molecule has 2 nitrogen and oxygen atoms in total. The van der Waals surface area contributed by atoms with E-state index in [2.05, 4.69) is 248 Å². The van der Waals surface area contributed by atoms with E-state index in [1.165, 1.54) is 33.4 Å². The lowest BCUT2D eigenvalue weighted by molar-refractivity contribution is 0.670. The van der Waals surface area contributed by atoms with Gasteiger partial charge < -0.3 is 9.32 Å². The van der Waals surface area contributed by atoms with Crippen molar-refractivity contribution in [3.05, 3.63) is 271 Å². The van der Waals surface area contributed by atoms with Crippen molar-refractivity contribution >= 4 is 39.0 Å². The monoisotopic (exact) mass is 803 g/mol. The Morgan fingerprint density at radius 2 is 0.857 bits per heavy atom. The number of fused-ring (bicyclic) bond motifs is 6. The molecule has 11 aromatic rings. The minimum atomic E-state index is -0.500. The lowest BCUT2D eigenvalue weighted by Gasteiger charge is -2.34. The van der Waals surface area contributed by atoms with Gasteiger partial charge in [-0.25, -0.2) is 0 Å². The van der Waals surface area contributed by atoms with Crippen LogP contribution in [0.3, 0.4) is 0 Å². The van der Waals surface area contributed by atoms with Gasteiger partial charge in [0.05, 0.1) is 16.8 Å². The van der Waals surface area contributed by atoms with E-state index in [0.29, 0.717) is 0 Å². The molecule has 0 spiro atoms. The van der Waals surface area contributed by atoms with Gasteiger partial charge in [0.1, 0.15) is 11.2 Å². The molecule has 1 heterocycles. The van der Waals surface area contributed by atoms with Crippen molar-refractivity contribution in [2.75, 3.05) is 4.90 Å². The molecule has 0 radical (unpaired) electrons. The Morgan fingerprint density at radius 1 is 0.333 bits per heavy atom. The molecule has 0 atom stereocenters. The van der Waals surface area contributed by atoms with E-state index in [4.69, 9.17) is 4.42 Å². The summed E-state index contributed by atoms with van der Waals surface area (Å²) in [5.74, 6) is 0. The maximum absolute atomic E-state index is 6.74. The summed E-state index contributed by atoms with van der Waals surface area (Å²) < 4.78 is 6.74. The van der Waals surface area contributed by atoms with E-state index in [1.54, 1.807) is 0 Å². The first-order valence-corrected chi connectivity index (χ1v) is 21.7. The van der Waals surface area contributed by atoms with E-state index < -0.39 is 5.41 Å². The molecule has 10 aromatic carbocycles. The van der Waals surface area contributed by atoms with Crippen LogP contribution in [0.5, 0.6) is 0 Å². The molecule has 0 saturated carbocycles. The van der Waals surface area contributed by atoms with Crippen molar-refractivity contribution in [3.63, 3.8) is 0 Å². The van der Waals surface area contributed by atoms with Crippen LogP contribution >= 0.6 is 0 Å². The smallest absolute Gasteiger partial charge is 0.143 e. The van der Waals surface area contributed by atoms with Crippen molar-refractivity contribution in [2.45, 2.75) is 5.41 Å². The third-order valence-electron chi connectivity index (χ3n) is 13.0. The van der Waals surface area contributed by atoms with E-state index >= 15 is 0 Å². The topological polar surface area (TPSA) is 16.4 Å². The zero-order valence-electron chi connectivity index (χ0n) is 34.5. The fourth-order valence-corrected chi connectivity index (χ4v) is 10.3. The minimum Gasteiger partial charge on any atom is -0.455 e. The summed E-state index contributed by atoms with van der Waals surface area (Å²) in [6.07, 6.45) is 0. The zero-order chi connectivity index (χ0) is 41.7. The van der Waals surface area contributed by atoms with E-state index in [0.717, 1.165) is 72.4 Å². The number of para-hydroxylation sites is 3. The number of rotatable bonds is 8. The molecule has 2 heteroatoms. The van der Waals surface area contributed by atoms with Crippen LogP contribution in [0, 0.1) is 0 Å². The molecule has 1 aliphatic rings. The summed E-state index contributed by atoms with van der Waals surface area (Å²) in [6, 6.07) is 90.2. The zero-order valence-corrected chi connectivity index (χ0v) is 34.5. The van der Waals surface area contributed by atoms with Gasteiger partial charge in [0.15, 0.2) is 0 Å². The van der Waals surface area contributed by atoms with Crippen LogP contribution in [0.15, 0.2) is 253 Å². The molecule has 0 amide bonds. The molecule has 0 saturated heterocycles. The standard InChI is InChI=1S/C61H41NO/c1-5-21-42(22-6-1)47-29-14-17-36-56(47)62(46-39-40-55-53(41-46)48-30-13-16-35-54(48)61(55,44-25-9-3-10-26-44)45-27-11-4-12-28-45)57-37-20-32-50(59(57)43-23-7-2-8-24-43)52-34-19-33-51-49-31-15-18-38-58(49)63-60(51)52/h1-41H. The van der Waals surface area contributed by atoms with Gasteiger partial charge in [0.2, 0.25) is 0 Å². The van der Waals surface area contributed by atoms with Crippen molar-refractivity contribution in [2.24, 2.45) is 0 Å². The number of hydrogen-bond donors (Lipinski definition) is 0. The SMILES string of the molecule is c1ccc(-c2ccccc2N(c2ccc3c(c2)-c2ccccc2C3(c2ccccc2)c2ccccc2)c2cccc(-c3cccc4c3oc3ccccc34)c2-c2ccccc2)cc1. The molecule has 0 N–H and O–H groups in total. The van der Waals surface area contributed by atoms with Gasteiger partial charge in [-0.05, 0) is 80.4 Å². The van der Waals surface area contributed by atoms with Crippen LogP contribution < -0.4 is 4.90 Å². The number of furan rings is 1. The van der Waals surface area contributed by atoms with Gasteiger partial charge in [0, 0.05) is 33.2 Å². The summed E-state index contributed by atoms with van der Waals surface area (Å²) in [5.41, 5.74) is 18.7. The Labute approximate surface area is 367 Å². The van der Waals surface area contributed by atoms with Gasteiger partial charge in [-0.15, -0.1) is 0 Å². The Bertz CT molecular complexity index is 3400. The van der Waals surface area contributed by atoms with E-state index in [9.17, 15) is 0 Å². The predicted molar refractivity (Wildman–Crippen MR) is 262 cm³/mol. The summed E-state index contributed by atoms with van der Waals surface area (Å²) >= 11 is 0. The quantitative estimate of drug-likeness (QED) is 0.152. The van der Waals surface area contributed by atoms with Crippen molar-refractivity contribution in [3.8, 4) is 44.5 Å². The number of nitrogens with zero attached hydrogens (tertiary/aromatic N) is 1. The largest absolute Gasteiger partial charge is 0.455 e. The maximum atomic E-state index is 6.74. The van der Waals surface area contributed by atoms with Crippen molar-refractivity contribution in [1.29, 1.82) is 0 Å². The highest BCUT2D eigenvalue weighted by molar-refractivity contribution is 6.12. The Morgan fingerprint density at radius 3 is 1.60 bits per heavy atom. The molecule has 12 rings (SSSR count). The third-order valence-corrected chi connectivity index (χ3v) is 13.0. The minimum absolute atomic E-state index is 0.500. The average molecular weight is 804 g/mol. The highest BCUT2D eigenvalue weighted by atomic mass is 16.3. The predicted octanol–water partition coefficient (Wildman–Crippen LogP) is 16.4. The third kappa shape index (κ3) is 5.80. The molecule has 296 valence electrons. The first kappa shape index (κ1) is 36.6. The molecule has 0 bridgehead atoms. The Kier molecular flexibility index (Phi) is 8.76. The van der Waals surface area contributed by atoms with Gasteiger partial charge in [-0.1, -0.05) is 218 Å². The van der Waals surface area contributed by atoms with Crippen LogP contribution in [0.25, 0.3) is 66.4 Å². The van der Waals surface area contributed by atoms with Crippen LogP contribution in [0.2, 0.25) is 0 Å². The van der Waals surface area contributed by atoms with Gasteiger partial charge in [-0.3, -0.25) is 0 Å².